The van der Waals surface area contributed by atoms with E-state index in [0.29, 0.717) is 33.2 Å². The van der Waals surface area contributed by atoms with E-state index in [4.69, 9.17) is 0 Å². The fourth-order valence-electron chi connectivity index (χ4n) is 2.60. The van der Waals surface area contributed by atoms with Gasteiger partial charge in [-0.2, -0.15) is 0 Å². The molecule has 0 bridgehead atoms. The summed E-state index contributed by atoms with van der Waals surface area (Å²) in [5.74, 6) is -0.0273. The lowest BCUT2D eigenvalue weighted by Gasteiger charge is -2.17. The molecule has 0 unspecified atom stereocenters. The molecule has 1 aromatic carbocycles. The lowest BCUT2D eigenvalue weighted by atomic mass is 9.95. The zero-order valence-corrected chi connectivity index (χ0v) is 18.7. The monoisotopic (exact) mass is 441 g/mol. The van der Waals surface area contributed by atoms with E-state index in [1.807, 2.05) is 26.2 Å². The zero-order valence-electron chi connectivity index (χ0n) is 17.1. The van der Waals surface area contributed by atoms with E-state index in [9.17, 15) is 14.4 Å². The van der Waals surface area contributed by atoms with Crippen LogP contribution in [0.5, 0.6) is 0 Å². The number of carbonyl (C=O) groups excluding carboxylic acids is 2. The number of amides is 1. The summed E-state index contributed by atoms with van der Waals surface area (Å²) >= 11 is 2.63. The predicted molar refractivity (Wildman–Crippen MR) is 124 cm³/mol. The molecular weight excluding hydrogens is 418 g/mol. The van der Waals surface area contributed by atoms with Crippen molar-refractivity contribution in [3.8, 4) is 0 Å². The molecule has 1 amide bonds. The van der Waals surface area contributed by atoms with Crippen LogP contribution in [-0.4, -0.2) is 27.0 Å². The van der Waals surface area contributed by atoms with Crippen LogP contribution in [0.4, 0.5) is 5.69 Å². The van der Waals surface area contributed by atoms with E-state index in [0.717, 1.165) is 0 Å². The van der Waals surface area contributed by atoms with Crippen molar-refractivity contribution in [2.24, 2.45) is 5.41 Å². The Morgan fingerprint density at radius 2 is 1.93 bits per heavy atom. The summed E-state index contributed by atoms with van der Waals surface area (Å²) in [4.78, 5) is 42.6. The van der Waals surface area contributed by atoms with Gasteiger partial charge in [-0.3, -0.25) is 19.0 Å². The Morgan fingerprint density at radius 1 is 1.23 bits per heavy atom. The number of carbonyl (C=O) groups is 2. The number of rotatable bonds is 7. The number of hydrogen-bond donors (Lipinski definition) is 1. The number of anilines is 1. The van der Waals surface area contributed by atoms with Gasteiger partial charge in [-0.25, -0.2) is 4.98 Å². The van der Waals surface area contributed by atoms with Crippen molar-refractivity contribution in [1.29, 1.82) is 0 Å². The van der Waals surface area contributed by atoms with Gasteiger partial charge in [0.15, 0.2) is 10.9 Å². The molecule has 0 saturated heterocycles. The number of Topliss-reactive ketones (excluding diaryl/α,β-unsaturated/α-hetero) is 1. The number of thioether (sulfide) groups is 1. The molecule has 0 spiro atoms. The molecule has 0 aliphatic carbocycles. The highest BCUT2D eigenvalue weighted by Crippen LogP contribution is 2.23. The van der Waals surface area contributed by atoms with Crippen molar-refractivity contribution >= 4 is 50.7 Å². The molecule has 2 heterocycles. The summed E-state index contributed by atoms with van der Waals surface area (Å²) in [6.07, 6.45) is 1.64. The minimum Gasteiger partial charge on any atom is -0.326 e. The standard InChI is InChI=1S/C22H23N3O3S2/c1-5-11-25-19(27)16-10-12-29-18(16)24-21(25)30-13-17(26)14-6-8-15(9-7-14)23-20(28)22(2,3)4/h5-10,12H,1,11,13H2,2-4H3,(H,23,28). The summed E-state index contributed by atoms with van der Waals surface area (Å²) in [6.45, 7) is 9.55. The molecule has 2 aromatic heterocycles. The van der Waals surface area contributed by atoms with Crippen LogP contribution in [0.15, 0.2) is 58.3 Å². The number of fused-ring (bicyclic) bond motifs is 1. The van der Waals surface area contributed by atoms with E-state index in [1.165, 1.54) is 27.7 Å². The smallest absolute Gasteiger partial charge is 0.263 e. The molecule has 1 N–H and O–H groups in total. The normalized spacial score (nSPS) is 11.4. The van der Waals surface area contributed by atoms with E-state index in [2.05, 4.69) is 16.9 Å². The molecule has 0 radical (unpaired) electrons. The molecule has 6 nitrogen and oxygen atoms in total. The first-order valence-corrected chi connectivity index (χ1v) is 11.2. The Labute approximate surface area is 183 Å². The molecule has 0 fully saturated rings. The topological polar surface area (TPSA) is 81.1 Å². The molecule has 0 atom stereocenters. The fourth-order valence-corrected chi connectivity index (χ4v) is 4.31. The summed E-state index contributed by atoms with van der Waals surface area (Å²) in [5.41, 5.74) is 0.549. The number of hydrogen-bond acceptors (Lipinski definition) is 6. The number of aromatic nitrogens is 2. The van der Waals surface area contributed by atoms with Gasteiger partial charge in [-0.1, -0.05) is 38.6 Å². The van der Waals surface area contributed by atoms with Crippen LogP contribution in [-0.2, 0) is 11.3 Å². The van der Waals surface area contributed by atoms with Gasteiger partial charge in [0.05, 0.1) is 11.1 Å². The highest BCUT2D eigenvalue weighted by molar-refractivity contribution is 7.99. The fraction of sp³-hybridized carbons (Fsp3) is 0.273. The Balaban J connectivity index is 1.73. The molecule has 0 aliphatic rings. The first-order chi connectivity index (χ1) is 14.2. The minimum absolute atomic E-state index is 0.0839. The maximum Gasteiger partial charge on any atom is 0.263 e. The van der Waals surface area contributed by atoms with Crippen LogP contribution >= 0.6 is 23.1 Å². The summed E-state index contributed by atoms with van der Waals surface area (Å²) in [7, 11) is 0. The van der Waals surface area contributed by atoms with Crippen LogP contribution in [0.1, 0.15) is 31.1 Å². The highest BCUT2D eigenvalue weighted by Gasteiger charge is 2.21. The number of thiophene rings is 1. The molecule has 3 aromatic rings. The van der Waals surface area contributed by atoms with Gasteiger partial charge in [0, 0.05) is 23.2 Å². The van der Waals surface area contributed by atoms with Crippen molar-refractivity contribution in [2.75, 3.05) is 11.1 Å². The second-order valence-electron chi connectivity index (χ2n) is 7.73. The van der Waals surface area contributed by atoms with Gasteiger partial charge in [-0.05, 0) is 35.7 Å². The third-order valence-electron chi connectivity index (χ3n) is 4.34. The number of nitrogens with zero attached hydrogens (tertiary/aromatic N) is 2. The Bertz CT molecular complexity index is 1160. The Hall–Kier alpha value is -2.71. The number of allylic oxidation sites excluding steroid dienone is 1. The molecule has 30 heavy (non-hydrogen) atoms. The van der Waals surface area contributed by atoms with Gasteiger partial charge in [0.1, 0.15) is 4.83 Å². The van der Waals surface area contributed by atoms with Gasteiger partial charge >= 0.3 is 0 Å². The maximum atomic E-state index is 12.7. The van der Waals surface area contributed by atoms with Crippen molar-refractivity contribution in [3.05, 3.63) is 64.3 Å². The van der Waals surface area contributed by atoms with Crippen molar-refractivity contribution < 1.29 is 9.59 Å². The minimum atomic E-state index is -0.497. The van der Waals surface area contributed by atoms with Gasteiger partial charge < -0.3 is 5.32 Å². The third kappa shape index (κ3) is 4.88. The molecule has 0 aliphatic heterocycles. The van der Waals surface area contributed by atoms with Crippen LogP contribution < -0.4 is 10.9 Å². The average Bonchev–Trinajstić information content (AvgIpc) is 3.17. The molecule has 3 rings (SSSR count). The van der Waals surface area contributed by atoms with Crippen molar-refractivity contribution in [2.45, 2.75) is 32.5 Å². The average molecular weight is 442 g/mol. The van der Waals surface area contributed by atoms with E-state index >= 15 is 0 Å². The predicted octanol–water partition coefficient (Wildman–Crippen LogP) is 4.60. The molecule has 8 heteroatoms. The van der Waals surface area contributed by atoms with Crippen LogP contribution in [0, 0.1) is 5.41 Å². The van der Waals surface area contributed by atoms with Crippen LogP contribution in [0.25, 0.3) is 10.2 Å². The first kappa shape index (κ1) is 22.0. The Kier molecular flexibility index (Phi) is 6.58. The van der Waals surface area contributed by atoms with Gasteiger partial charge in [-0.15, -0.1) is 17.9 Å². The van der Waals surface area contributed by atoms with E-state index < -0.39 is 5.41 Å². The third-order valence-corrected chi connectivity index (χ3v) is 6.12. The summed E-state index contributed by atoms with van der Waals surface area (Å²) < 4.78 is 1.53. The van der Waals surface area contributed by atoms with Crippen LogP contribution in [0.3, 0.4) is 0 Å². The van der Waals surface area contributed by atoms with E-state index in [1.54, 1.807) is 36.4 Å². The largest absolute Gasteiger partial charge is 0.326 e. The van der Waals surface area contributed by atoms with Crippen molar-refractivity contribution in [1.82, 2.24) is 9.55 Å². The van der Waals surface area contributed by atoms with Crippen molar-refractivity contribution in [3.63, 3.8) is 0 Å². The first-order valence-electron chi connectivity index (χ1n) is 9.37. The van der Waals surface area contributed by atoms with Gasteiger partial charge in [0.25, 0.3) is 5.56 Å². The number of benzene rings is 1. The lowest BCUT2D eigenvalue weighted by Crippen LogP contribution is -2.27. The quantitative estimate of drug-likeness (QED) is 0.251. The maximum absolute atomic E-state index is 12.7. The Morgan fingerprint density at radius 3 is 2.57 bits per heavy atom. The second kappa shape index (κ2) is 8.97. The zero-order chi connectivity index (χ0) is 21.9. The van der Waals surface area contributed by atoms with Gasteiger partial charge in [0.2, 0.25) is 5.91 Å². The lowest BCUT2D eigenvalue weighted by molar-refractivity contribution is -0.123. The number of ketones is 1. The number of nitrogens with one attached hydrogen (secondary N) is 1. The molecular formula is C22H23N3O3S2. The van der Waals surface area contributed by atoms with Crippen LogP contribution in [0.2, 0.25) is 0 Å². The SMILES string of the molecule is C=CCn1c(SCC(=O)c2ccc(NC(=O)C(C)(C)C)cc2)nc2sccc2c1=O. The molecule has 156 valence electrons. The summed E-state index contributed by atoms with van der Waals surface area (Å²) in [6, 6.07) is 8.56. The second-order valence-corrected chi connectivity index (χ2v) is 9.57. The molecule has 0 saturated carbocycles. The summed E-state index contributed by atoms with van der Waals surface area (Å²) in [5, 5.41) is 5.74. The highest BCUT2D eigenvalue weighted by atomic mass is 32.2. The van der Waals surface area contributed by atoms with E-state index in [-0.39, 0.29) is 23.0 Å².